The van der Waals surface area contributed by atoms with Crippen LogP contribution in [0, 0.1) is 0 Å². The predicted octanol–water partition coefficient (Wildman–Crippen LogP) is 5.29. The number of para-hydroxylation sites is 1. The fourth-order valence-corrected chi connectivity index (χ4v) is 3.74. The quantitative estimate of drug-likeness (QED) is 0.721. The largest absolute Gasteiger partial charge is 0.334 e. The van der Waals surface area contributed by atoms with Crippen molar-refractivity contribution in [3.05, 3.63) is 29.3 Å². The van der Waals surface area contributed by atoms with E-state index < -0.39 is 0 Å². The second kappa shape index (κ2) is 9.21. The molecule has 0 aromatic heterocycles. The van der Waals surface area contributed by atoms with Crippen LogP contribution in [0.15, 0.2) is 18.2 Å². The van der Waals surface area contributed by atoms with Gasteiger partial charge in [-0.3, -0.25) is 0 Å². The number of carbonyl (C=O) groups is 1. The number of benzene rings is 1. The normalized spacial score (nSPS) is 16.5. The van der Waals surface area contributed by atoms with Crippen molar-refractivity contribution < 1.29 is 4.79 Å². The van der Waals surface area contributed by atoms with Gasteiger partial charge in [0.25, 0.3) is 0 Å². The molecule has 128 valence electrons. The highest BCUT2D eigenvalue weighted by Crippen LogP contribution is 2.28. The lowest BCUT2D eigenvalue weighted by Crippen LogP contribution is -2.42. The Morgan fingerprint density at radius 1 is 1.09 bits per heavy atom. The Kier molecular flexibility index (Phi) is 7.28. The van der Waals surface area contributed by atoms with E-state index in [0.717, 1.165) is 31.4 Å². The summed E-state index contributed by atoms with van der Waals surface area (Å²) in [5.74, 6) is 0. The van der Waals surface area contributed by atoms with Crippen molar-refractivity contribution in [3.63, 3.8) is 0 Å². The molecule has 4 heteroatoms. The molecule has 1 aromatic rings. The lowest BCUT2D eigenvalue weighted by atomic mass is 9.97. The van der Waals surface area contributed by atoms with Gasteiger partial charge in [-0.25, -0.2) is 9.10 Å². The van der Waals surface area contributed by atoms with Crippen LogP contribution in [0.4, 0.5) is 10.5 Å². The molecule has 1 aliphatic rings. The molecule has 1 saturated carbocycles. The summed E-state index contributed by atoms with van der Waals surface area (Å²) in [4.78, 5) is 12.7. The molecule has 1 aliphatic carbocycles. The number of thiol groups is 1. The zero-order chi connectivity index (χ0) is 16.7. The van der Waals surface area contributed by atoms with Gasteiger partial charge >= 0.3 is 6.03 Å². The van der Waals surface area contributed by atoms with Crippen LogP contribution in [0.25, 0.3) is 0 Å². The van der Waals surface area contributed by atoms with Crippen LogP contribution in [-0.2, 0) is 12.8 Å². The van der Waals surface area contributed by atoms with E-state index in [1.807, 2.05) is 0 Å². The molecule has 0 heterocycles. The van der Waals surface area contributed by atoms with Crippen molar-refractivity contribution in [3.8, 4) is 0 Å². The van der Waals surface area contributed by atoms with Gasteiger partial charge in [0.15, 0.2) is 0 Å². The maximum Gasteiger partial charge on any atom is 0.332 e. The minimum absolute atomic E-state index is 0.0884. The van der Waals surface area contributed by atoms with Gasteiger partial charge in [0, 0.05) is 6.04 Å². The predicted molar refractivity (Wildman–Crippen MR) is 101 cm³/mol. The summed E-state index contributed by atoms with van der Waals surface area (Å²) in [5.41, 5.74) is 3.31. The highest BCUT2D eigenvalue weighted by Gasteiger charge is 2.21. The molecule has 0 spiro atoms. The second-order valence-electron chi connectivity index (χ2n) is 6.44. The highest BCUT2D eigenvalue weighted by molar-refractivity contribution is 7.82. The van der Waals surface area contributed by atoms with E-state index in [1.54, 1.807) is 0 Å². The zero-order valence-corrected chi connectivity index (χ0v) is 15.4. The second-order valence-corrected chi connectivity index (χ2v) is 6.84. The summed E-state index contributed by atoms with van der Waals surface area (Å²) in [6.07, 6.45) is 10.3. The fourth-order valence-electron chi connectivity index (χ4n) is 3.42. The molecular weight excluding hydrogens is 304 g/mol. The molecule has 2 amide bonds. The SMILES string of the molecule is CCc1cccc(CC)c1N(S)C(=O)NC1CCCCCCC1. The Morgan fingerprint density at radius 3 is 2.13 bits per heavy atom. The van der Waals surface area contributed by atoms with E-state index in [0.29, 0.717) is 0 Å². The molecule has 0 saturated heterocycles. The van der Waals surface area contributed by atoms with Gasteiger partial charge in [-0.1, -0.05) is 77.0 Å². The number of amides is 2. The van der Waals surface area contributed by atoms with Crippen molar-refractivity contribution in [2.45, 2.75) is 77.7 Å². The maximum atomic E-state index is 12.7. The summed E-state index contributed by atoms with van der Waals surface area (Å²) in [7, 11) is 0. The minimum Gasteiger partial charge on any atom is -0.334 e. The van der Waals surface area contributed by atoms with Crippen molar-refractivity contribution in [2.75, 3.05) is 4.31 Å². The highest BCUT2D eigenvalue weighted by atomic mass is 32.1. The minimum atomic E-state index is -0.0884. The van der Waals surface area contributed by atoms with E-state index in [4.69, 9.17) is 0 Å². The summed E-state index contributed by atoms with van der Waals surface area (Å²) in [5, 5.41) is 3.20. The molecule has 1 fully saturated rings. The fraction of sp³-hybridized carbons (Fsp3) is 0.632. The lowest BCUT2D eigenvalue weighted by molar-refractivity contribution is 0.243. The van der Waals surface area contributed by atoms with E-state index in [-0.39, 0.29) is 12.1 Å². The molecule has 0 unspecified atom stereocenters. The number of nitrogens with one attached hydrogen (secondary N) is 1. The number of hydrogen-bond donors (Lipinski definition) is 2. The summed E-state index contributed by atoms with van der Waals surface area (Å²) in [6.45, 7) is 4.24. The average Bonchev–Trinajstić information content (AvgIpc) is 2.55. The first-order valence-electron chi connectivity index (χ1n) is 9.07. The standard InChI is InChI=1S/C19H30N2OS/c1-3-15-11-10-12-16(4-2)18(15)21(23)19(22)20-17-13-8-6-5-7-9-14-17/h10-12,17,23H,3-9,13-14H2,1-2H3,(H,20,22). The Labute approximate surface area is 146 Å². The van der Waals surface area contributed by atoms with Gasteiger partial charge in [0.05, 0.1) is 5.69 Å². The maximum absolute atomic E-state index is 12.7. The van der Waals surface area contributed by atoms with Crippen LogP contribution in [0.1, 0.15) is 69.9 Å². The number of hydrogen-bond acceptors (Lipinski definition) is 2. The lowest BCUT2D eigenvalue weighted by Gasteiger charge is -2.26. The summed E-state index contributed by atoms with van der Waals surface area (Å²) >= 11 is 4.53. The summed E-state index contributed by atoms with van der Waals surface area (Å²) in [6, 6.07) is 6.43. The van der Waals surface area contributed by atoms with Crippen LogP contribution in [0.3, 0.4) is 0 Å². The number of urea groups is 1. The molecule has 0 aliphatic heterocycles. The Morgan fingerprint density at radius 2 is 1.61 bits per heavy atom. The number of nitrogens with zero attached hydrogens (tertiary/aromatic N) is 1. The van der Waals surface area contributed by atoms with Gasteiger partial charge in [0.1, 0.15) is 0 Å². The van der Waals surface area contributed by atoms with E-state index >= 15 is 0 Å². The van der Waals surface area contributed by atoms with E-state index in [9.17, 15) is 4.79 Å². The molecule has 1 N–H and O–H groups in total. The van der Waals surface area contributed by atoms with Gasteiger partial charge in [-0.2, -0.15) is 0 Å². The topological polar surface area (TPSA) is 32.3 Å². The van der Waals surface area contributed by atoms with Crippen LogP contribution in [0.2, 0.25) is 0 Å². The molecule has 2 rings (SSSR count). The average molecular weight is 335 g/mol. The number of aryl methyl sites for hydroxylation is 2. The zero-order valence-electron chi connectivity index (χ0n) is 14.5. The molecule has 0 atom stereocenters. The van der Waals surface area contributed by atoms with Gasteiger partial charge in [0.2, 0.25) is 0 Å². The molecule has 23 heavy (non-hydrogen) atoms. The van der Waals surface area contributed by atoms with Crippen molar-refractivity contribution in [2.24, 2.45) is 0 Å². The van der Waals surface area contributed by atoms with Crippen molar-refractivity contribution >= 4 is 24.5 Å². The molecular formula is C19H30N2OS. The van der Waals surface area contributed by atoms with Crippen molar-refractivity contribution in [1.29, 1.82) is 0 Å². The van der Waals surface area contributed by atoms with Gasteiger partial charge in [-0.15, -0.1) is 0 Å². The van der Waals surface area contributed by atoms with Crippen LogP contribution >= 0.6 is 12.8 Å². The van der Waals surface area contributed by atoms with E-state index in [1.165, 1.54) is 47.5 Å². The number of anilines is 1. The van der Waals surface area contributed by atoms with Crippen LogP contribution in [0.5, 0.6) is 0 Å². The van der Waals surface area contributed by atoms with Gasteiger partial charge < -0.3 is 5.32 Å². The number of carbonyl (C=O) groups excluding carboxylic acids is 1. The Balaban J connectivity index is 2.09. The van der Waals surface area contributed by atoms with Crippen molar-refractivity contribution in [1.82, 2.24) is 5.32 Å². The van der Waals surface area contributed by atoms with Crippen LogP contribution < -0.4 is 9.62 Å². The third-order valence-corrected chi connectivity index (χ3v) is 5.18. The Hall–Kier alpha value is -1.16. The summed E-state index contributed by atoms with van der Waals surface area (Å²) < 4.78 is 1.52. The molecule has 1 aromatic carbocycles. The first kappa shape index (κ1) is 18.2. The monoisotopic (exact) mass is 334 g/mol. The first-order valence-corrected chi connectivity index (χ1v) is 9.47. The van der Waals surface area contributed by atoms with Crippen LogP contribution in [-0.4, -0.2) is 12.1 Å². The molecule has 0 bridgehead atoms. The third kappa shape index (κ3) is 4.90. The smallest absolute Gasteiger partial charge is 0.332 e. The van der Waals surface area contributed by atoms with E-state index in [2.05, 4.69) is 50.2 Å². The molecule has 0 radical (unpaired) electrons. The third-order valence-electron chi connectivity index (χ3n) is 4.80. The van der Waals surface area contributed by atoms with Gasteiger partial charge in [-0.05, 0) is 36.8 Å². The Bertz CT molecular complexity index is 488. The number of rotatable bonds is 4. The molecule has 3 nitrogen and oxygen atoms in total. The first-order chi connectivity index (χ1) is 11.2.